The summed E-state index contributed by atoms with van der Waals surface area (Å²) in [5, 5.41) is 7.28. The largest absolute Gasteiger partial charge is 0.370 e. The Balaban J connectivity index is 1.95. The summed E-state index contributed by atoms with van der Waals surface area (Å²) in [6, 6.07) is 10.3. The van der Waals surface area contributed by atoms with Crippen LogP contribution in [0.4, 0.5) is 0 Å². The van der Waals surface area contributed by atoms with Gasteiger partial charge in [0.1, 0.15) is 0 Å². The Labute approximate surface area is 119 Å². The van der Waals surface area contributed by atoms with Gasteiger partial charge in [0.15, 0.2) is 5.96 Å². The van der Waals surface area contributed by atoms with Crippen molar-refractivity contribution in [1.29, 1.82) is 0 Å². The van der Waals surface area contributed by atoms with Gasteiger partial charge in [0.05, 0.1) is 13.1 Å². The molecule has 0 amide bonds. The zero-order valence-electron chi connectivity index (χ0n) is 11.8. The number of rotatable bonds is 6. The first-order chi connectivity index (χ1) is 9.78. The topological polar surface area (TPSA) is 68.2 Å². The normalized spacial score (nSPS) is 11.6. The first-order valence-electron chi connectivity index (χ1n) is 6.87. The van der Waals surface area contributed by atoms with Crippen LogP contribution in [0.1, 0.15) is 24.5 Å². The average Bonchev–Trinajstić information content (AvgIpc) is 2.96. The Kier molecular flexibility index (Phi) is 5.17. The molecule has 0 aliphatic rings. The summed E-state index contributed by atoms with van der Waals surface area (Å²) in [4.78, 5) is 4.33. The molecule has 2 aromatic rings. The molecule has 1 aromatic heterocycles. The molecule has 5 nitrogen and oxygen atoms in total. The highest BCUT2D eigenvalue weighted by molar-refractivity contribution is 5.77. The molecule has 3 N–H and O–H groups in total. The molecule has 0 aliphatic heterocycles. The summed E-state index contributed by atoms with van der Waals surface area (Å²) in [6.07, 6.45) is 4.78. The Bertz CT molecular complexity index is 545. The summed E-state index contributed by atoms with van der Waals surface area (Å²) >= 11 is 0. The molecule has 0 radical (unpaired) electrons. The van der Waals surface area contributed by atoms with Gasteiger partial charge < -0.3 is 11.1 Å². The van der Waals surface area contributed by atoms with Gasteiger partial charge in [-0.3, -0.25) is 4.68 Å². The third kappa shape index (κ3) is 4.42. The number of nitrogens with one attached hydrogen (secondary N) is 1. The van der Waals surface area contributed by atoms with E-state index < -0.39 is 0 Å². The minimum absolute atomic E-state index is 0.504. The van der Waals surface area contributed by atoms with Gasteiger partial charge in [0.2, 0.25) is 0 Å². The highest BCUT2D eigenvalue weighted by Gasteiger charge is 1.98. The van der Waals surface area contributed by atoms with E-state index in [-0.39, 0.29) is 0 Å². The lowest BCUT2D eigenvalue weighted by atomic mass is 10.1. The van der Waals surface area contributed by atoms with Crippen LogP contribution in [0.25, 0.3) is 0 Å². The smallest absolute Gasteiger partial charge is 0.188 e. The number of benzene rings is 1. The predicted octanol–water partition coefficient (Wildman–Crippen LogP) is 1.75. The summed E-state index contributed by atoms with van der Waals surface area (Å²) in [6.45, 7) is 4.32. The second-order valence-electron chi connectivity index (χ2n) is 4.65. The average molecular weight is 271 g/mol. The maximum absolute atomic E-state index is 5.78. The van der Waals surface area contributed by atoms with Crippen molar-refractivity contribution < 1.29 is 0 Å². The van der Waals surface area contributed by atoms with Crippen molar-refractivity contribution >= 4 is 5.96 Å². The lowest BCUT2D eigenvalue weighted by molar-refractivity contribution is 0.686. The minimum Gasteiger partial charge on any atom is -0.370 e. The van der Waals surface area contributed by atoms with Gasteiger partial charge in [-0.05, 0) is 23.6 Å². The second-order valence-corrected chi connectivity index (χ2v) is 4.65. The van der Waals surface area contributed by atoms with E-state index in [9.17, 15) is 0 Å². The third-order valence-corrected chi connectivity index (χ3v) is 2.88. The van der Waals surface area contributed by atoms with Crippen LogP contribution in [0, 0.1) is 0 Å². The van der Waals surface area contributed by atoms with Crippen LogP contribution in [-0.4, -0.2) is 22.3 Å². The highest BCUT2D eigenvalue weighted by atomic mass is 15.3. The fraction of sp³-hybridized carbons (Fsp3) is 0.333. The first kappa shape index (κ1) is 14.1. The molecule has 0 spiro atoms. The zero-order chi connectivity index (χ0) is 14.2. The molecule has 0 saturated carbocycles. The van der Waals surface area contributed by atoms with Gasteiger partial charge in [-0.1, -0.05) is 31.2 Å². The van der Waals surface area contributed by atoms with Gasteiger partial charge in [0, 0.05) is 18.9 Å². The third-order valence-electron chi connectivity index (χ3n) is 2.88. The van der Waals surface area contributed by atoms with E-state index >= 15 is 0 Å². The Hall–Kier alpha value is -2.30. The van der Waals surface area contributed by atoms with Gasteiger partial charge >= 0.3 is 0 Å². The van der Waals surface area contributed by atoms with E-state index in [1.54, 1.807) is 6.20 Å². The summed E-state index contributed by atoms with van der Waals surface area (Å²) in [7, 11) is 0. The van der Waals surface area contributed by atoms with E-state index in [1.807, 2.05) is 23.0 Å². The highest BCUT2D eigenvalue weighted by Crippen LogP contribution is 2.08. The number of aliphatic imine (C=N–C) groups is 1. The quantitative estimate of drug-likeness (QED) is 0.621. The lowest BCUT2D eigenvalue weighted by Crippen LogP contribution is -2.32. The van der Waals surface area contributed by atoms with E-state index in [1.165, 1.54) is 5.56 Å². The van der Waals surface area contributed by atoms with Gasteiger partial charge in [-0.15, -0.1) is 0 Å². The van der Waals surface area contributed by atoms with Crippen molar-refractivity contribution in [2.45, 2.75) is 26.4 Å². The molecule has 0 saturated heterocycles. The van der Waals surface area contributed by atoms with Gasteiger partial charge in [0.25, 0.3) is 0 Å². The first-order valence-corrected chi connectivity index (χ1v) is 6.87. The lowest BCUT2D eigenvalue weighted by Gasteiger charge is -2.06. The van der Waals surface area contributed by atoms with Crippen molar-refractivity contribution in [3.8, 4) is 0 Å². The molecule has 0 fully saturated rings. The number of guanidine groups is 1. The van der Waals surface area contributed by atoms with Gasteiger partial charge in [-0.25, -0.2) is 4.99 Å². The van der Waals surface area contributed by atoms with E-state index in [4.69, 9.17) is 5.73 Å². The zero-order valence-corrected chi connectivity index (χ0v) is 11.8. The molecule has 106 valence electrons. The van der Waals surface area contributed by atoms with Crippen LogP contribution in [0.15, 0.2) is 47.7 Å². The van der Waals surface area contributed by atoms with Crippen LogP contribution in [0.5, 0.6) is 0 Å². The van der Waals surface area contributed by atoms with E-state index in [0.717, 1.165) is 25.1 Å². The van der Waals surface area contributed by atoms with Crippen molar-refractivity contribution in [2.75, 3.05) is 6.54 Å². The van der Waals surface area contributed by atoms with Crippen LogP contribution in [0.2, 0.25) is 0 Å². The summed E-state index contributed by atoms with van der Waals surface area (Å²) in [5.74, 6) is 0.504. The SMILES string of the molecule is CCCNC(N)=NCc1cccc(Cn2cccn2)c1. The Morgan fingerprint density at radius 1 is 1.35 bits per heavy atom. The molecule has 0 bridgehead atoms. The number of nitrogens with zero attached hydrogens (tertiary/aromatic N) is 3. The van der Waals surface area contributed by atoms with E-state index in [2.05, 4.69) is 40.5 Å². The Morgan fingerprint density at radius 3 is 2.95 bits per heavy atom. The number of aromatic nitrogens is 2. The molecule has 0 unspecified atom stereocenters. The molecular weight excluding hydrogens is 250 g/mol. The molecule has 5 heteroatoms. The molecule has 0 atom stereocenters. The monoisotopic (exact) mass is 271 g/mol. The van der Waals surface area contributed by atoms with Crippen molar-refractivity contribution in [1.82, 2.24) is 15.1 Å². The second kappa shape index (κ2) is 7.33. The van der Waals surface area contributed by atoms with Crippen molar-refractivity contribution in [3.05, 3.63) is 53.9 Å². The molecule has 2 rings (SSSR count). The Morgan fingerprint density at radius 2 is 2.20 bits per heavy atom. The van der Waals surface area contributed by atoms with Crippen LogP contribution >= 0.6 is 0 Å². The number of hydrogen-bond acceptors (Lipinski definition) is 2. The van der Waals surface area contributed by atoms with Crippen molar-refractivity contribution in [2.24, 2.45) is 10.7 Å². The maximum Gasteiger partial charge on any atom is 0.188 e. The molecule has 20 heavy (non-hydrogen) atoms. The molecule has 1 heterocycles. The van der Waals surface area contributed by atoms with Crippen molar-refractivity contribution in [3.63, 3.8) is 0 Å². The van der Waals surface area contributed by atoms with E-state index in [0.29, 0.717) is 12.5 Å². The maximum atomic E-state index is 5.78. The fourth-order valence-corrected chi connectivity index (χ4v) is 1.89. The predicted molar refractivity (Wildman–Crippen MR) is 81.4 cm³/mol. The minimum atomic E-state index is 0.504. The van der Waals surface area contributed by atoms with Crippen LogP contribution in [0.3, 0.4) is 0 Å². The molecule has 1 aromatic carbocycles. The number of hydrogen-bond donors (Lipinski definition) is 2. The van der Waals surface area contributed by atoms with Gasteiger partial charge in [-0.2, -0.15) is 5.10 Å². The molecule has 0 aliphatic carbocycles. The van der Waals surface area contributed by atoms with Crippen LogP contribution in [-0.2, 0) is 13.1 Å². The fourth-order valence-electron chi connectivity index (χ4n) is 1.89. The molecular formula is C15H21N5. The summed E-state index contributed by atoms with van der Waals surface area (Å²) < 4.78 is 1.90. The standard InChI is InChI=1S/C15H21N5/c1-2-7-17-15(16)18-11-13-5-3-6-14(10-13)12-20-9-4-8-19-20/h3-6,8-10H,2,7,11-12H2,1H3,(H3,16,17,18). The summed E-state index contributed by atoms with van der Waals surface area (Å²) in [5.41, 5.74) is 8.14. The van der Waals surface area contributed by atoms with Crippen LogP contribution < -0.4 is 11.1 Å². The number of nitrogens with two attached hydrogens (primary N) is 1.